The molecule has 1 saturated carbocycles. The van der Waals surface area contributed by atoms with Gasteiger partial charge in [-0.1, -0.05) is 24.4 Å². The van der Waals surface area contributed by atoms with Crippen molar-refractivity contribution in [2.75, 3.05) is 40.4 Å². The van der Waals surface area contributed by atoms with Gasteiger partial charge >= 0.3 is 0 Å². The second-order valence-electron chi connectivity index (χ2n) is 5.68. The van der Waals surface area contributed by atoms with E-state index in [-0.39, 0.29) is 11.7 Å². The van der Waals surface area contributed by atoms with E-state index in [1.165, 1.54) is 0 Å². The number of oxime groups is 1. The Morgan fingerprint density at radius 3 is 2.62 bits per heavy atom. The number of nitrogens with zero attached hydrogens (tertiary/aromatic N) is 2. The zero-order valence-corrected chi connectivity index (χ0v) is 13.1. The first-order valence-electron chi connectivity index (χ1n) is 7.50. The monoisotopic (exact) mass is 300 g/mol. The summed E-state index contributed by atoms with van der Waals surface area (Å²) >= 11 is 0. The summed E-state index contributed by atoms with van der Waals surface area (Å²) in [7, 11) is 3.64. The summed E-state index contributed by atoms with van der Waals surface area (Å²) in [5.41, 5.74) is 4.96. The summed E-state index contributed by atoms with van der Waals surface area (Å²) in [6.07, 6.45) is 4.24. The lowest BCUT2D eigenvalue weighted by atomic mass is 9.72. The third-order valence-corrected chi connectivity index (χ3v) is 4.20. The van der Waals surface area contributed by atoms with Crippen molar-refractivity contribution in [3.05, 3.63) is 0 Å². The Bertz CT molecular complexity index is 354. The van der Waals surface area contributed by atoms with Gasteiger partial charge in [-0.05, 0) is 19.9 Å². The van der Waals surface area contributed by atoms with Crippen LogP contribution < -0.4 is 11.1 Å². The molecule has 0 aromatic heterocycles. The van der Waals surface area contributed by atoms with E-state index in [0.717, 1.165) is 32.4 Å². The van der Waals surface area contributed by atoms with Crippen LogP contribution in [0.1, 0.15) is 32.1 Å². The van der Waals surface area contributed by atoms with E-state index >= 15 is 0 Å². The lowest BCUT2D eigenvalue weighted by Gasteiger charge is -2.34. The van der Waals surface area contributed by atoms with Crippen molar-refractivity contribution in [3.63, 3.8) is 0 Å². The molecule has 21 heavy (non-hydrogen) atoms. The highest BCUT2D eigenvalue weighted by Crippen LogP contribution is 2.36. The third-order valence-electron chi connectivity index (χ3n) is 4.20. The molecule has 0 radical (unpaired) electrons. The first-order chi connectivity index (χ1) is 10.1. The van der Waals surface area contributed by atoms with Crippen LogP contribution in [0.2, 0.25) is 0 Å². The fourth-order valence-electron chi connectivity index (χ4n) is 2.74. The predicted molar refractivity (Wildman–Crippen MR) is 81.3 cm³/mol. The second kappa shape index (κ2) is 8.84. The number of likely N-dealkylation sites (N-methyl/N-ethyl adjacent to an activating group) is 1. The lowest BCUT2D eigenvalue weighted by Crippen LogP contribution is -2.52. The maximum Gasteiger partial charge on any atom is 0.233 e. The van der Waals surface area contributed by atoms with E-state index in [4.69, 9.17) is 15.7 Å². The fraction of sp³-hybridized carbons (Fsp3) is 0.857. The number of rotatable bonds is 8. The molecule has 0 bridgehead atoms. The van der Waals surface area contributed by atoms with Crippen LogP contribution in [0.5, 0.6) is 0 Å². The molecule has 1 fully saturated rings. The number of nitrogens with one attached hydrogen (secondary N) is 1. The molecular weight excluding hydrogens is 272 g/mol. The largest absolute Gasteiger partial charge is 0.409 e. The van der Waals surface area contributed by atoms with Crippen molar-refractivity contribution in [3.8, 4) is 0 Å². The van der Waals surface area contributed by atoms with Crippen LogP contribution in [-0.4, -0.2) is 62.2 Å². The van der Waals surface area contributed by atoms with Crippen molar-refractivity contribution in [1.29, 1.82) is 0 Å². The average molecular weight is 300 g/mol. The van der Waals surface area contributed by atoms with Crippen molar-refractivity contribution in [1.82, 2.24) is 10.2 Å². The fourth-order valence-corrected chi connectivity index (χ4v) is 2.74. The van der Waals surface area contributed by atoms with E-state index in [2.05, 4.69) is 15.4 Å². The number of amides is 1. The molecular formula is C14H28N4O3. The number of carbonyl (C=O) groups excluding carboxylic acids is 1. The minimum atomic E-state index is -0.835. The molecule has 0 aromatic carbocycles. The first kappa shape index (κ1) is 17.7. The van der Waals surface area contributed by atoms with Gasteiger partial charge in [0.15, 0.2) is 5.84 Å². The Morgan fingerprint density at radius 2 is 2.05 bits per heavy atom. The molecule has 0 saturated heterocycles. The molecule has 0 unspecified atom stereocenters. The van der Waals surface area contributed by atoms with Crippen molar-refractivity contribution in [2.45, 2.75) is 32.1 Å². The molecule has 0 heterocycles. The van der Waals surface area contributed by atoms with Crippen LogP contribution in [0, 0.1) is 5.41 Å². The van der Waals surface area contributed by atoms with E-state index < -0.39 is 5.41 Å². The van der Waals surface area contributed by atoms with Crippen LogP contribution in [0.25, 0.3) is 0 Å². The maximum absolute atomic E-state index is 12.5. The van der Waals surface area contributed by atoms with E-state index in [9.17, 15) is 4.79 Å². The number of methoxy groups -OCH3 is 1. The van der Waals surface area contributed by atoms with Crippen LogP contribution in [0.15, 0.2) is 5.16 Å². The summed E-state index contributed by atoms with van der Waals surface area (Å²) < 4.78 is 5.01. The molecule has 0 aromatic rings. The van der Waals surface area contributed by atoms with Gasteiger partial charge < -0.3 is 25.9 Å². The number of hydrogen-bond acceptors (Lipinski definition) is 5. The minimum Gasteiger partial charge on any atom is -0.409 e. The van der Waals surface area contributed by atoms with Gasteiger partial charge in [-0.3, -0.25) is 4.79 Å². The van der Waals surface area contributed by atoms with Crippen LogP contribution >= 0.6 is 0 Å². The highest BCUT2D eigenvalue weighted by molar-refractivity contribution is 6.06. The van der Waals surface area contributed by atoms with Gasteiger partial charge in [-0.15, -0.1) is 0 Å². The molecule has 7 nitrogen and oxygen atoms in total. The van der Waals surface area contributed by atoms with Gasteiger partial charge in [-0.2, -0.15) is 0 Å². The maximum atomic E-state index is 12.5. The van der Waals surface area contributed by atoms with Crippen LogP contribution in [0.4, 0.5) is 0 Å². The Kier molecular flexibility index (Phi) is 7.45. The number of nitrogens with two attached hydrogens (primary N) is 1. The van der Waals surface area contributed by atoms with Gasteiger partial charge in [0.05, 0.1) is 6.61 Å². The van der Waals surface area contributed by atoms with Crippen LogP contribution in [0.3, 0.4) is 0 Å². The zero-order valence-electron chi connectivity index (χ0n) is 13.1. The van der Waals surface area contributed by atoms with Crippen molar-refractivity contribution >= 4 is 11.7 Å². The molecule has 1 rings (SSSR count). The third kappa shape index (κ3) is 4.86. The van der Waals surface area contributed by atoms with E-state index in [1.54, 1.807) is 7.11 Å². The Labute approximate surface area is 126 Å². The first-order valence-corrected chi connectivity index (χ1v) is 7.50. The highest BCUT2D eigenvalue weighted by atomic mass is 16.5. The number of ether oxygens (including phenoxy) is 1. The molecule has 0 atom stereocenters. The Balaban J connectivity index is 2.50. The molecule has 1 amide bonds. The number of carbonyl (C=O) groups is 1. The second-order valence-corrected chi connectivity index (χ2v) is 5.68. The van der Waals surface area contributed by atoms with E-state index in [0.29, 0.717) is 26.0 Å². The van der Waals surface area contributed by atoms with Gasteiger partial charge in [0.2, 0.25) is 5.91 Å². The van der Waals surface area contributed by atoms with Gasteiger partial charge in [0, 0.05) is 26.7 Å². The van der Waals surface area contributed by atoms with E-state index in [1.807, 2.05) is 7.05 Å². The zero-order chi connectivity index (χ0) is 15.7. The SMILES string of the molecule is COCCN(C)CCNC(=O)C1(C(N)=NO)CCCCC1. The predicted octanol–water partition coefficient (Wildman–Crippen LogP) is 0.378. The molecule has 0 aliphatic heterocycles. The summed E-state index contributed by atoms with van der Waals surface area (Å²) in [5.74, 6) is -0.0925. The average Bonchev–Trinajstić information content (AvgIpc) is 2.52. The number of hydrogen-bond donors (Lipinski definition) is 3. The Morgan fingerprint density at radius 1 is 1.38 bits per heavy atom. The smallest absolute Gasteiger partial charge is 0.233 e. The highest BCUT2D eigenvalue weighted by Gasteiger charge is 2.43. The lowest BCUT2D eigenvalue weighted by molar-refractivity contribution is -0.129. The molecule has 122 valence electrons. The van der Waals surface area contributed by atoms with Gasteiger partial charge in [0.25, 0.3) is 0 Å². The topological polar surface area (TPSA) is 100 Å². The molecule has 1 aliphatic rings. The minimum absolute atomic E-state index is 0.0347. The molecule has 1 aliphatic carbocycles. The van der Waals surface area contributed by atoms with Crippen molar-refractivity contribution in [2.24, 2.45) is 16.3 Å². The summed E-state index contributed by atoms with van der Waals surface area (Å²) in [4.78, 5) is 14.6. The Hall–Kier alpha value is -1.34. The standard InChI is InChI=1S/C14H28N4O3/c1-18(10-11-21-2)9-8-16-13(19)14(12(15)17-20)6-4-3-5-7-14/h20H,3-11H2,1-2H3,(H2,15,17)(H,16,19). The van der Waals surface area contributed by atoms with Crippen molar-refractivity contribution < 1.29 is 14.7 Å². The molecule has 4 N–H and O–H groups in total. The molecule has 7 heteroatoms. The molecule has 0 spiro atoms. The van der Waals surface area contributed by atoms with Gasteiger partial charge in [-0.25, -0.2) is 0 Å². The summed E-state index contributed by atoms with van der Waals surface area (Å²) in [5, 5.41) is 15.0. The summed E-state index contributed by atoms with van der Waals surface area (Å²) in [6.45, 7) is 2.76. The van der Waals surface area contributed by atoms with Crippen LogP contribution in [-0.2, 0) is 9.53 Å². The van der Waals surface area contributed by atoms with Gasteiger partial charge in [0.1, 0.15) is 5.41 Å². The summed E-state index contributed by atoms with van der Waals surface area (Å²) in [6, 6.07) is 0. The normalized spacial score (nSPS) is 18.7. The number of amidine groups is 1. The quantitative estimate of drug-likeness (QED) is 0.260.